The van der Waals surface area contributed by atoms with Crippen molar-refractivity contribution in [3.05, 3.63) is 53.8 Å². The van der Waals surface area contributed by atoms with Crippen molar-refractivity contribution >= 4 is 29.7 Å². The van der Waals surface area contributed by atoms with Crippen LogP contribution in [0.15, 0.2) is 53.8 Å². The number of benzene rings is 1. The molecule has 1 unspecified atom stereocenters. The number of carbonyl (C=O) groups excluding carboxylic acids is 1. The fourth-order valence-corrected chi connectivity index (χ4v) is 3.73. The first-order chi connectivity index (χ1) is 20.1. The molecule has 224 valence electrons. The summed E-state index contributed by atoms with van der Waals surface area (Å²) in [5, 5.41) is 9.69. The van der Waals surface area contributed by atoms with Gasteiger partial charge in [0.2, 0.25) is 12.2 Å². The Hall–Kier alpha value is -3.47. The van der Waals surface area contributed by atoms with Gasteiger partial charge in [0.15, 0.2) is 12.4 Å². The van der Waals surface area contributed by atoms with E-state index in [2.05, 4.69) is 4.99 Å². The number of guanidine groups is 1. The van der Waals surface area contributed by atoms with Crippen molar-refractivity contribution in [1.82, 2.24) is 0 Å². The molecule has 0 amide bonds. The van der Waals surface area contributed by atoms with E-state index in [1.807, 2.05) is 12.1 Å². The third kappa shape index (κ3) is 14.1. The van der Waals surface area contributed by atoms with Crippen LogP contribution in [-0.2, 0) is 28.5 Å². The number of aromatic nitrogens is 1. The fourth-order valence-electron chi connectivity index (χ4n) is 3.60. The highest BCUT2D eigenvalue weighted by Crippen LogP contribution is 2.17. The Kier molecular flexibility index (Phi) is 17.5. The highest BCUT2D eigenvalue weighted by Gasteiger charge is 2.21. The predicted molar refractivity (Wildman–Crippen MR) is 152 cm³/mol. The monoisotopic (exact) mass is 592 g/mol. The zero-order valence-electron chi connectivity index (χ0n) is 23.4. The van der Waals surface area contributed by atoms with Gasteiger partial charge < -0.3 is 34.3 Å². The van der Waals surface area contributed by atoms with Gasteiger partial charge in [0.25, 0.3) is 6.47 Å². The number of anilines is 1. The number of rotatable bonds is 22. The molecule has 1 aromatic heterocycles. The average molecular weight is 593 g/mol. The van der Waals surface area contributed by atoms with E-state index in [1.165, 1.54) is 0 Å². The molecule has 0 aliphatic heterocycles. The summed E-state index contributed by atoms with van der Waals surface area (Å²) in [5.74, 6) is 0.887. The third-order valence-corrected chi connectivity index (χ3v) is 5.91. The van der Waals surface area contributed by atoms with Crippen molar-refractivity contribution in [3.63, 3.8) is 0 Å². The summed E-state index contributed by atoms with van der Waals surface area (Å²) in [6, 6.07) is 10.8. The van der Waals surface area contributed by atoms with Crippen molar-refractivity contribution in [3.8, 4) is 11.9 Å². The number of hydrogen-bond acceptors (Lipinski definition) is 9. The molecule has 0 spiro atoms. The molecule has 13 heteroatoms. The fraction of sp³-hybridized carbons (Fsp3) is 0.500. The second-order valence-corrected chi connectivity index (χ2v) is 9.01. The normalized spacial score (nSPS) is 12.0. The second-order valence-electron chi connectivity index (χ2n) is 8.57. The predicted octanol–water partition coefficient (Wildman–Crippen LogP) is 3.19. The second kappa shape index (κ2) is 21.3. The van der Waals surface area contributed by atoms with Crippen molar-refractivity contribution < 1.29 is 37.8 Å². The van der Waals surface area contributed by atoms with E-state index in [0.29, 0.717) is 57.7 Å². The van der Waals surface area contributed by atoms with Crippen LogP contribution in [0.25, 0.3) is 0 Å². The van der Waals surface area contributed by atoms with E-state index < -0.39 is 6.41 Å². The Morgan fingerprint density at radius 1 is 1.00 bits per heavy atom. The molecule has 0 radical (unpaired) electrons. The van der Waals surface area contributed by atoms with E-state index in [9.17, 15) is 4.79 Å². The van der Waals surface area contributed by atoms with Gasteiger partial charge in [-0.1, -0.05) is 24.4 Å². The minimum atomic E-state index is -0.975. The van der Waals surface area contributed by atoms with Gasteiger partial charge in [-0.05, 0) is 37.1 Å². The number of carbonyl (C=O) groups is 1. The maximum atomic E-state index is 11.0. The topological polar surface area (TPSA) is 142 Å². The summed E-state index contributed by atoms with van der Waals surface area (Å²) in [6.07, 6.45) is 7.79. The lowest BCUT2D eigenvalue weighted by molar-refractivity contribution is -0.799. The first kappa shape index (κ1) is 33.7. The molecule has 12 nitrogen and oxygen atoms in total. The summed E-state index contributed by atoms with van der Waals surface area (Å²) in [4.78, 5) is 16.5. The van der Waals surface area contributed by atoms with E-state index >= 15 is 0 Å². The first-order valence-corrected chi connectivity index (χ1v) is 13.7. The van der Waals surface area contributed by atoms with Crippen molar-refractivity contribution in [2.45, 2.75) is 32.1 Å². The molecule has 0 fully saturated rings. The summed E-state index contributed by atoms with van der Waals surface area (Å²) in [6.45, 7) is 3.89. The van der Waals surface area contributed by atoms with Crippen LogP contribution in [0.5, 0.6) is 5.75 Å². The number of halogens is 1. The lowest BCUT2D eigenvalue weighted by atomic mass is 10.2. The van der Waals surface area contributed by atoms with Crippen molar-refractivity contribution in [1.29, 1.82) is 5.26 Å². The molecule has 2 N–H and O–H groups in total. The van der Waals surface area contributed by atoms with Crippen LogP contribution in [0.3, 0.4) is 0 Å². The largest absolute Gasteiger partial charge is 0.494 e. The number of ether oxygens (including phenoxy) is 6. The molecular formula is C28H39ClN5O7+. The van der Waals surface area contributed by atoms with Gasteiger partial charge in [-0.3, -0.25) is 9.53 Å². The minimum Gasteiger partial charge on any atom is -0.494 e. The lowest BCUT2D eigenvalue weighted by Gasteiger charge is -2.22. The summed E-state index contributed by atoms with van der Waals surface area (Å²) in [7, 11) is 1.61. The van der Waals surface area contributed by atoms with E-state index in [1.54, 1.807) is 59.4 Å². The molecule has 41 heavy (non-hydrogen) atoms. The molecule has 0 aliphatic rings. The quantitative estimate of drug-likeness (QED) is 0.0412. The number of nitrogens with zero attached hydrogens (tertiary/aromatic N) is 4. The summed E-state index contributed by atoms with van der Waals surface area (Å²) in [5.41, 5.74) is 6.80. The maximum absolute atomic E-state index is 11.0. The van der Waals surface area contributed by atoms with Gasteiger partial charge in [0, 0.05) is 30.8 Å². The molecule has 2 rings (SSSR count). The van der Waals surface area contributed by atoms with Gasteiger partial charge in [-0.2, -0.15) is 5.26 Å². The lowest BCUT2D eigenvalue weighted by Crippen LogP contribution is -2.43. The zero-order chi connectivity index (χ0) is 29.5. The van der Waals surface area contributed by atoms with Crippen LogP contribution in [-0.4, -0.2) is 72.3 Å². The Labute approximate surface area is 246 Å². The van der Waals surface area contributed by atoms with E-state index in [0.717, 1.165) is 37.1 Å². The SMILES string of the molecule is COCCOCCOCCOC(OC=O)[n+]1ccc(N(CCCCCCOc2ccc(Cl)cc2)C(N)=NC#N)cc1. The number of aliphatic imine (C=N–C) groups is 1. The first-order valence-electron chi connectivity index (χ1n) is 13.3. The standard InChI is InChI=1S/C28H39ClN5O7/c1-36-16-17-37-18-19-38-20-21-40-28(41-23-35)33-13-10-25(11-14-33)34(27(31)32-22-30)12-4-2-3-5-15-39-26-8-6-24(29)7-9-26/h6-11,13-14,23,28H,2-5,12,15-21H2,1H3,(H2,31,32)/q+1. The zero-order valence-corrected chi connectivity index (χ0v) is 24.1. The Morgan fingerprint density at radius 2 is 1.66 bits per heavy atom. The molecule has 0 aliphatic carbocycles. The number of nitriles is 1. The number of unbranched alkanes of at least 4 members (excludes halogenated alkanes) is 3. The highest BCUT2D eigenvalue weighted by molar-refractivity contribution is 6.30. The van der Waals surface area contributed by atoms with Crippen molar-refractivity contribution in [2.24, 2.45) is 10.7 Å². The van der Waals surface area contributed by atoms with Gasteiger partial charge in [-0.15, -0.1) is 9.56 Å². The molecular weight excluding hydrogens is 554 g/mol. The molecule has 2 aromatic rings. The summed E-state index contributed by atoms with van der Waals surface area (Å²) >= 11 is 5.89. The Bertz CT molecular complexity index is 1050. The molecule has 0 saturated heterocycles. The third-order valence-electron chi connectivity index (χ3n) is 5.65. The molecule has 1 atom stereocenters. The molecule has 1 heterocycles. The summed E-state index contributed by atoms with van der Waals surface area (Å²) < 4.78 is 33.7. The van der Waals surface area contributed by atoms with Crippen LogP contribution in [0.1, 0.15) is 32.1 Å². The van der Waals surface area contributed by atoms with Gasteiger partial charge in [0.1, 0.15) is 5.75 Å². The maximum Gasteiger partial charge on any atom is 0.426 e. The Balaban J connectivity index is 1.80. The van der Waals surface area contributed by atoms with Crippen LogP contribution in [0, 0.1) is 11.5 Å². The number of hydrogen-bond donors (Lipinski definition) is 1. The van der Waals surface area contributed by atoms with E-state index in [-0.39, 0.29) is 12.6 Å². The highest BCUT2D eigenvalue weighted by atomic mass is 35.5. The number of methoxy groups -OCH3 is 1. The minimum absolute atomic E-state index is 0.0941. The molecule has 1 aromatic carbocycles. The van der Waals surface area contributed by atoms with Crippen LogP contribution < -0.4 is 19.9 Å². The number of pyridine rings is 1. The van der Waals surface area contributed by atoms with Crippen LogP contribution >= 0.6 is 11.6 Å². The van der Waals surface area contributed by atoms with Gasteiger partial charge in [-0.25, -0.2) is 0 Å². The molecule has 0 bridgehead atoms. The van der Waals surface area contributed by atoms with Crippen molar-refractivity contribution in [2.75, 3.05) is 64.8 Å². The van der Waals surface area contributed by atoms with E-state index in [4.69, 9.17) is 51.0 Å². The van der Waals surface area contributed by atoms with Crippen LogP contribution in [0.2, 0.25) is 5.02 Å². The molecule has 0 saturated carbocycles. The average Bonchev–Trinajstić information content (AvgIpc) is 2.98. The van der Waals surface area contributed by atoms with Crippen LogP contribution in [0.4, 0.5) is 5.69 Å². The number of nitrogens with two attached hydrogens (primary N) is 1. The van der Waals surface area contributed by atoms with Gasteiger partial charge >= 0.3 is 6.41 Å². The van der Waals surface area contributed by atoms with Gasteiger partial charge in [0.05, 0.1) is 51.9 Å². The Morgan fingerprint density at radius 3 is 2.32 bits per heavy atom. The smallest absolute Gasteiger partial charge is 0.426 e.